The summed E-state index contributed by atoms with van der Waals surface area (Å²) < 4.78 is 13.3. The number of carbonyl (C=O) groups excluding carboxylic acids is 2. The smallest absolute Gasteiger partial charge is 0.253 e. The highest BCUT2D eigenvalue weighted by Gasteiger charge is 2.24. The fourth-order valence-electron chi connectivity index (χ4n) is 4.96. The summed E-state index contributed by atoms with van der Waals surface area (Å²) >= 11 is 0. The summed E-state index contributed by atoms with van der Waals surface area (Å²) in [5.41, 5.74) is 4.05. The lowest BCUT2D eigenvalue weighted by molar-refractivity contribution is -0.117. The molecule has 4 rings (SSSR count). The zero-order valence-corrected chi connectivity index (χ0v) is 22.6. The van der Waals surface area contributed by atoms with Crippen LogP contribution in [-0.2, 0) is 17.8 Å². The minimum Gasteiger partial charge on any atom is -0.371 e. The molecule has 0 unspecified atom stereocenters. The fraction of sp³-hybridized carbons (Fsp3) is 0.375. The highest BCUT2D eigenvalue weighted by atomic mass is 19.1. The third-order valence-electron chi connectivity index (χ3n) is 6.90. The molecule has 2 N–H and O–H groups in total. The van der Waals surface area contributed by atoms with Crippen LogP contribution in [0.1, 0.15) is 61.5 Å². The van der Waals surface area contributed by atoms with E-state index < -0.39 is 0 Å². The number of nitrogens with zero attached hydrogens (tertiary/aromatic N) is 1. The van der Waals surface area contributed by atoms with Gasteiger partial charge in [-0.05, 0) is 72.1 Å². The minimum absolute atomic E-state index is 0.0790. The van der Waals surface area contributed by atoms with Crippen LogP contribution in [0.15, 0.2) is 72.8 Å². The topological polar surface area (TPSA) is 61.4 Å². The summed E-state index contributed by atoms with van der Waals surface area (Å²) in [5.74, 6) is 0.00407. The largest absolute Gasteiger partial charge is 0.371 e. The van der Waals surface area contributed by atoms with E-state index in [-0.39, 0.29) is 29.6 Å². The monoisotopic (exact) mass is 515 g/mol. The Hall–Kier alpha value is -3.67. The second kappa shape index (κ2) is 12.2. The maximum Gasteiger partial charge on any atom is 0.253 e. The Labute approximate surface area is 225 Å². The highest BCUT2D eigenvalue weighted by Crippen LogP contribution is 2.30. The van der Waals surface area contributed by atoms with Crippen LogP contribution in [-0.4, -0.2) is 24.9 Å². The second-order valence-electron chi connectivity index (χ2n) is 11.4. The van der Waals surface area contributed by atoms with E-state index in [9.17, 15) is 14.0 Å². The van der Waals surface area contributed by atoms with Crippen LogP contribution in [0.5, 0.6) is 0 Å². The fourth-order valence-corrected chi connectivity index (χ4v) is 4.96. The average molecular weight is 516 g/mol. The lowest BCUT2D eigenvalue weighted by atomic mass is 9.89. The van der Waals surface area contributed by atoms with E-state index in [0.29, 0.717) is 23.6 Å². The predicted octanol–water partition coefficient (Wildman–Crippen LogP) is 6.59. The summed E-state index contributed by atoms with van der Waals surface area (Å²) in [6.45, 7) is 8.08. The number of anilines is 2. The van der Waals surface area contributed by atoms with E-state index in [1.54, 1.807) is 18.2 Å². The van der Waals surface area contributed by atoms with Crippen molar-refractivity contribution in [1.82, 2.24) is 5.32 Å². The summed E-state index contributed by atoms with van der Waals surface area (Å²) in [7, 11) is 0. The molecule has 200 valence electrons. The number of nitrogens with one attached hydrogen (secondary N) is 2. The van der Waals surface area contributed by atoms with Crippen LogP contribution in [0.25, 0.3) is 0 Å². The van der Waals surface area contributed by atoms with Crippen molar-refractivity contribution >= 4 is 23.2 Å². The van der Waals surface area contributed by atoms with Crippen LogP contribution in [0.4, 0.5) is 15.8 Å². The lowest BCUT2D eigenvalue weighted by Gasteiger charge is -2.35. The van der Waals surface area contributed by atoms with Crippen LogP contribution in [0.2, 0.25) is 0 Å². The Kier molecular flexibility index (Phi) is 8.82. The van der Waals surface area contributed by atoms with Gasteiger partial charge in [0.05, 0.1) is 5.56 Å². The molecule has 3 aromatic rings. The van der Waals surface area contributed by atoms with Gasteiger partial charge in [0.2, 0.25) is 5.91 Å². The highest BCUT2D eigenvalue weighted by molar-refractivity contribution is 6.02. The number of benzene rings is 3. The van der Waals surface area contributed by atoms with Crippen molar-refractivity contribution in [3.8, 4) is 0 Å². The zero-order chi connectivity index (χ0) is 27.1. The summed E-state index contributed by atoms with van der Waals surface area (Å²) in [6.07, 6.45) is 3.55. The van der Waals surface area contributed by atoms with Crippen LogP contribution in [0, 0.1) is 17.2 Å². The third kappa shape index (κ3) is 7.91. The number of halogens is 1. The molecule has 0 radical (unpaired) electrons. The van der Waals surface area contributed by atoms with E-state index in [0.717, 1.165) is 43.6 Å². The molecule has 0 spiro atoms. The Morgan fingerprint density at radius 2 is 1.61 bits per heavy atom. The van der Waals surface area contributed by atoms with Gasteiger partial charge in [0.25, 0.3) is 5.91 Å². The molecule has 3 aromatic carbocycles. The van der Waals surface area contributed by atoms with Gasteiger partial charge in [-0.3, -0.25) is 9.59 Å². The number of amides is 2. The number of hydrogen-bond donors (Lipinski definition) is 2. The molecule has 1 fully saturated rings. The molecule has 1 aliphatic heterocycles. The van der Waals surface area contributed by atoms with Gasteiger partial charge in [-0.25, -0.2) is 4.39 Å². The molecule has 0 atom stereocenters. The van der Waals surface area contributed by atoms with Gasteiger partial charge in [-0.15, -0.1) is 0 Å². The Morgan fingerprint density at radius 1 is 0.921 bits per heavy atom. The van der Waals surface area contributed by atoms with Crippen LogP contribution in [0.3, 0.4) is 0 Å². The molecule has 1 aliphatic rings. The van der Waals surface area contributed by atoms with Crippen molar-refractivity contribution in [2.75, 3.05) is 23.3 Å². The lowest BCUT2D eigenvalue weighted by Crippen LogP contribution is -2.36. The summed E-state index contributed by atoms with van der Waals surface area (Å²) in [6, 6.07) is 22.3. The molecular formula is C32H38FN3O2. The second-order valence-corrected chi connectivity index (χ2v) is 11.4. The van der Waals surface area contributed by atoms with Gasteiger partial charge < -0.3 is 15.5 Å². The average Bonchev–Trinajstić information content (AvgIpc) is 2.88. The van der Waals surface area contributed by atoms with Crippen molar-refractivity contribution < 1.29 is 14.0 Å². The van der Waals surface area contributed by atoms with Crippen molar-refractivity contribution in [1.29, 1.82) is 0 Å². The Morgan fingerprint density at radius 3 is 2.26 bits per heavy atom. The first-order chi connectivity index (χ1) is 18.2. The van der Waals surface area contributed by atoms with Crippen LogP contribution >= 0.6 is 0 Å². The van der Waals surface area contributed by atoms with E-state index >= 15 is 0 Å². The molecule has 1 heterocycles. The molecular weight excluding hydrogens is 477 g/mol. The molecule has 5 nitrogen and oxygen atoms in total. The zero-order valence-electron chi connectivity index (χ0n) is 22.6. The maximum absolute atomic E-state index is 13.4. The SMILES string of the molecule is CC(C)(C)CC(=O)Nc1ccc(N2CCC(Cc3ccccc3)CC2)c(C(=O)NCc2ccc(F)cc2)c1. The van der Waals surface area contributed by atoms with Gasteiger partial charge in [0, 0.05) is 37.4 Å². The molecule has 6 heteroatoms. The third-order valence-corrected chi connectivity index (χ3v) is 6.90. The first-order valence-electron chi connectivity index (χ1n) is 13.4. The van der Waals surface area contributed by atoms with Crippen molar-refractivity contribution in [3.63, 3.8) is 0 Å². The van der Waals surface area contributed by atoms with Crippen molar-refractivity contribution in [3.05, 3.63) is 95.3 Å². The molecule has 1 saturated heterocycles. The molecule has 0 saturated carbocycles. The first-order valence-corrected chi connectivity index (χ1v) is 13.4. The number of hydrogen-bond acceptors (Lipinski definition) is 3. The summed E-state index contributed by atoms with van der Waals surface area (Å²) in [4.78, 5) is 28.2. The standard InChI is InChI=1S/C32H38FN3O2/c1-32(2,3)21-30(37)35-27-13-14-29(28(20-27)31(38)34-22-25-9-11-26(33)12-10-25)36-17-15-24(16-18-36)19-23-7-5-4-6-8-23/h4-14,20,24H,15-19,21-22H2,1-3H3,(H,34,38)(H,35,37). The molecule has 0 bridgehead atoms. The van der Waals surface area contributed by atoms with Gasteiger partial charge in [-0.1, -0.05) is 63.2 Å². The Bertz CT molecular complexity index is 1230. The van der Waals surface area contributed by atoms with Crippen molar-refractivity contribution in [2.45, 2.75) is 53.0 Å². The predicted molar refractivity (Wildman–Crippen MR) is 152 cm³/mol. The van der Waals surface area contributed by atoms with Gasteiger partial charge in [0.1, 0.15) is 5.82 Å². The number of piperidine rings is 1. The van der Waals surface area contributed by atoms with Gasteiger partial charge >= 0.3 is 0 Å². The normalized spacial score (nSPS) is 14.3. The minimum atomic E-state index is -0.309. The molecule has 38 heavy (non-hydrogen) atoms. The Balaban J connectivity index is 1.49. The van der Waals surface area contributed by atoms with Crippen molar-refractivity contribution in [2.24, 2.45) is 11.3 Å². The van der Waals surface area contributed by atoms with E-state index in [1.807, 2.05) is 39.0 Å². The molecule has 0 aromatic heterocycles. The summed E-state index contributed by atoms with van der Waals surface area (Å²) in [5, 5.41) is 5.93. The van der Waals surface area contributed by atoms with Gasteiger partial charge in [0.15, 0.2) is 0 Å². The van der Waals surface area contributed by atoms with E-state index in [1.165, 1.54) is 17.7 Å². The quantitative estimate of drug-likeness (QED) is 0.356. The number of carbonyl (C=O) groups is 2. The number of rotatable bonds is 8. The molecule has 2 amide bonds. The van der Waals surface area contributed by atoms with Crippen LogP contribution < -0.4 is 15.5 Å². The molecule has 0 aliphatic carbocycles. The first kappa shape index (κ1) is 27.4. The van der Waals surface area contributed by atoms with E-state index in [4.69, 9.17) is 0 Å². The maximum atomic E-state index is 13.4. The van der Waals surface area contributed by atoms with E-state index in [2.05, 4.69) is 39.8 Å². The van der Waals surface area contributed by atoms with Gasteiger partial charge in [-0.2, -0.15) is 0 Å².